The summed E-state index contributed by atoms with van der Waals surface area (Å²) < 4.78 is 0. The molecule has 0 fully saturated rings. The van der Waals surface area contributed by atoms with Gasteiger partial charge in [0.2, 0.25) is 5.82 Å². The van der Waals surface area contributed by atoms with E-state index in [4.69, 9.17) is 5.11 Å². The van der Waals surface area contributed by atoms with Crippen molar-refractivity contribution in [3.63, 3.8) is 0 Å². The molecule has 1 amide bonds. The van der Waals surface area contributed by atoms with Crippen LogP contribution in [0.1, 0.15) is 21.1 Å². The van der Waals surface area contributed by atoms with E-state index in [0.29, 0.717) is 0 Å². The molecule has 0 atom stereocenters. The van der Waals surface area contributed by atoms with Crippen LogP contribution < -0.4 is 5.32 Å². The van der Waals surface area contributed by atoms with Gasteiger partial charge in [-0.1, -0.05) is 0 Å². The zero-order valence-electron chi connectivity index (χ0n) is 6.81. The van der Waals surface area contributed by atoms with E-state index in [1.54, 1.807) is 0 Å². The summed E-state index contributed by atoms with van der Waals surface area (Å²) >= 11 is 0. The Labute approximate surface area is 73.6 Å². The van der Waals surface area contributed by atoms with E-state index in [-0.39, 0.29) is 11.5 Å². The van der Waals surface area contributed by atoms with Gasteiger partial charge in [0.1, 0.15) is 5.69 Å². The number of amides is 1. The Morgan fingerprint density at radius 1 is 1.54 bits per heavy atom. The molecule has 13 heavy (non-hydrogen) atoms. The number of hydrogen-bond donors (Lipinski definition) is 2. The Kier molecular flexibility index (Phi) is 2.53. The molecule has 68 valence electrons. The summed E-state index contributed by atoms with van der Waals surface area (Å²) in [6.45, 7) is 0. The predicted octanol–water partition coefficient (Wildman–Crippen LogP) is -0.466. The van der Waals surface area contributed by atoms with Gasteiger partial charge in [0.15, 0.2) is 0 Å². The third-order valence-electron chi connectivity index (χ3n) is 1.31. The number of nitrogens with one attached hydrogen (secondary N) is 1. The van der Waals surface area contributed by atoms with E-state index in [1.807, 2.05) is 0 Å². The maximum absolute atomic E-state index is 11.0. The summed E-state index contributed by atoms with van der Waals surface area (Å²) in [4.78, 5) is 28.4. The van der Waals surface area contributed by atoms with Crippen LogP contribution in [0, 0.1) is 0 Å². The van der Waals surface area contributed by atoms with Gasteiger partial charge in [-0.05, 0) is 6.07 Å². The molecule has 0 radical (unpaired) electrons. The van der Waals surface area contributed by atoms with Crippen molar-refractivity contribution < 1.29 is 14.7 Å². The molecule has 1 aromatic heterocycles. The molecular formula is C7H7N3O3. The monoisotopic (exact) mass is 181 g/mol. The average Bonchev–Trinajstić information content (AvgIpc) is 2.17. The molecular weight excluding hydrogens is 174 g/mol. The Hall–Kier alpha value is -1.98. The summed E-state index contributed by atoms with van der Waals surface area (Å²) in [5.74, 6) is -2.09. The van der Waals surface area contributed by atoms with Gasteiger partial charge in [-0.25, -0.2) is 14.8 Å². The Bertz CT molecular complexity index is 351. The van der Waals surface area contributed by atoms with Crippen LogP contribution in [0.2, 0.25) is 0 Å². The Morgan fingerprint density at radius 2 is 2.23 bits per heavy atom. The smallest absolute Gasteiger partial charge is 0.373 e. The van der Waals surface area contributed by atoms with Gasteiger partial charge < -0.3 is 10.4 Å². The van der Waals surface area contributed by atoms with Crippen molar-refractivity contribution >= 4 is 11.9 Å². The molecule has 1 aromatic rings. The first-order chi connectivity index (χ1) is 6.15. The SMILES string of the molecule is CNC(=O)c1ccnc(C(=O)O)n1. The summed E-state index contributed by atoms with van der Waals surface area (Å²) in [5.41, 5.74) is 0.0369. The number of aromatic nitrogens is 2. The number of carbonyl (C=O) groups is 2. The minimum Gasteiger partial charge on any atom is -0.475 e. The van der Waals surface area contributed by atoms with Crippen LogP contribution >= 0.6 is 0 Å². The van der Waals surface area contributed by atoms with E-state index >= 15 is 0 Å². The first-order valence-electron chi connectivity index (χ1n) is 3.43. The molecule has 6 heteroatoms. The van der Waals surface area contributed by atoms with Crippen molar-refractivity contribution in [3.05, 3.63) is 23.8 Å². The molecule has 0 aliphatic heterocycles. The highest BCUT2D eigenvalue weighted by Gasteiger charge is 2.10. The molecule has 1 heterocycles. The molecule has 0 spiro atoms. The van der Waals surface area contributed by atoms with Crippen molar-refractivity contribution in [3.8, 4) is 0 Å². The summed E-state index contributed by atoms with van der Waals surface area (Å²) in [7, 11) is 1.44. The largest absolute Gasteiger partial charge is 0.475 e. The van der Waals surface area contributed by atoms with Gasteiger partial charge in [0.25, 0.3) is 5.91 Å². The van der Waals surface area contributed by atoms with Gasteiger partial charge in [-0.15, -0.1) is 0 Å². The molecule has 0 aromatic carbocycles. The highest BCUT2D eigenvalue weighted by Crippen LogP contribution is 1.95. The summed E-state index contributed by atoms with van der Waals surface area (Å²) in [6.07, 6.45) is 1.22. The Morgan fingerprint density at radius 3 is 2.77 bits per heavy atom. The van der Waals surface area contributed by atoms with E-state index in [0.717, 1.165) is 0 Å². The van der Waals surface area contributed by atoms with E-state index in [9.17, 15) is 9.59 Å². The van der Waals surface area contributed by atoms with Crippen molar-refractivity contribution in [1.82, 2.24) is 15.3 Å². The fourth-order valence-electron chi connectivity index (χ4n) is 0.716. The lowest BCUT2D eigenvalue weighted by atomic mass is 10.4. The van der Waals surface area contributed by atoms with Crippen molar-refractivity contribution in [2.45, 2.75) is 0 Å². The maximum atomic E-state index is 11.0. The quantitative estimate of drug-likeness (QED) is 0.643. The molecule has 0 bridgehead atoms. The average molecular weight is 181 g/mol. The Balaban J connectivity index is 3.05. The van der Waals surface area contributed by atoms with Crippen LogP contribution in [0.3, 0.4) is 0 Å². The maximum Gasteiger partial charge on any atom is 0.373 e. The molecule has 0 saturated heterocycles. The minimum atomic E-state index is -1.26. The number of carbonyl (C=O) groups excluding carboxylic acids is 1. The van der Waals surface area contributed by atoms with Crippen LogP contribution in [0.15, 0.2) is 12.3 Å². The number of hydrogen-bond acceptors (Lipinski definition) is 4. The highest BCUT2D eigenvalue weighted by atomic mass is 16.4. The van der Waals surface area contributed by atoms with E-state index < -0.39 is 11.9 Å². The number of carboxylic acid groups (broad SMARTS) is 1. The van der Waals surface area contributed by atoms with Crippen molar-refractivity contribution in [1.29, 1.82) is 0 Å². The van der Waals surface area contributed by atoms with Gasteiger partial charge in [-0.3, -0.25) is 4.79 Å². The topological polar surface area (TPSA) is 92.2 Å². The highest BCUT2D eigenvalue weighted by molar-refractivity contribution is 5.93. The predicted molar refractivity (Wildman–Crippen MR) is 42.4 cm³/mol. The lowest BCUT2D eigenvalue weighted by molar-refractivity contribution is 0.0683. The second-order valence-corrected chi connectivity index (χ2v) is 2.15. The fourth-order valence-corrected chi connectivity index (χ4v) is 0.716. The van der Waals surface area contributed by atoms with E-state index in [2.05, 4.69) is 15.3 Å². The molecule has 0 unspecified atom stereocenters. The van der Waals surface area contributed by atoms with Gasteiger partial charge in [0, 0.05) is 13.2 Å². The molecule has 0 aliphatic carbocycles. The van der Waals surface area contributed by atoms with Crippen LogP contribution in [-0.2, 0) is 0 Å². The van der Waals surface area contributed by atoms with E-state index in [1.165, 1.54) is 19.3 Å². The molecule has 2 N–H and O–H groups in total. The zero-order valence-corrected chi connectivity index (χ0v) is 6.81. The fraction of sp³-hybridized carbons (Fsp3) is 0.143. The van der Waals surface area contributed by atoms with Gasteiger partial charge in [0.05, 0.1) is 0 Å². The van der Waals surface area contributed by atoms with Crippen LogP contribution in [0.4, 0.5) is 0 Å². The van der Waals surface area contributed by atoms with Gasteiger partial charge in [-0.2, -0.15) is 0 Å². The third kappa shape index (κ3) is 1.98. The lowest BCUT2D eigenvalue weighted by Gasteiger charge is -1.98. The third-order valence-corrected chi connectivity index (χ3v) is 1.31. The van der Waals surface area contributed by atoms with Crippen molar-refractivity contribution in [2.24, 2.45) is 0 Å². The molecule has 6 nitrogen and oxygen atoms in total. The molecule has 1 rings (SSSR count). The number of carboxylic acids is 1. The van der Waals surface area contributed by atoms with Crippen molar-refractivity contribution in [2.75, 3.05) is 7.05 Å². The summed E-state index contributed by atoms with van der Waals surface area (Å²) in [6, 6.07) is 1.34. The normalized spacial score (nSPS) is 9.31. The first kappa shape index (κ1) is 9.11. The summed E-state index contributed by atoms with van der Waals surface area (Å²) in [5, 5.41) is 10.8. The zero-order chi connectivity index (χ0) is 9.84. The number of nitrogens with zero attached hydrogens (tertiary/aromatic N) is 2. The van der Waals surface area contributed by atoms with Crippen LogP contribution in [0.5, 0.6) is 0 Å². The van der Waals surface area contributed by atoms with Crippen LogP contribution in [-0.4, -0.2) is 34.0 Å². The standard InChI is InChI=1S/C7H7N3O3/c1-8-6(11)4-2-3-9-5(10-4)7(12)13/h2-3H,1H3,(H,8,11)(H,12,13). The lowest BCUT2D eigenvalue weighted by Crippen LogP contribution is -2.20. The number of rotatable bonds is 2. The van der Waals surface area contributed by atoms with Gasteiger partial charge >= 0.3 is 5.97 Å². The molecule has 0 aliphatic rings. The minimum absolute atomic E-state index is 0.0369. The first-order valence-corrected chi connectivity index (χ1v) is 3.43. The molecule has 0 saturated carbocycles. The van der Waals surface area contributed by atoms with Crippen LogP contribution in [0.25, 0.3) is 0 Å². The second kappa shape index (κ2) is 3.61. The second-order valence-electron chi connectivity index (χ2n) is 2.15. The number of aromatic carboxylic acids is 1.